The number of nitrogens with zero attached hydrogens (tertiary/aromatic N) is 3. The van der Waals surface area contributed by atoms with Crippen molar-refractivity contribution in [3.05, 3.63) is 54.1 Å². The lowest BCUT2D eigenvalue weighted by Gasteiger charge is -2.33. The molecule has 1 saturated heterocycles. The second-order valence-electron chi connectivity index (χ2n) is 7.32. The number of ether oxygens (including phenoxy) is 1. The number of rotatable bonds is 4. The fourth-order valence-corrected chi connectivity index (χ4v) is 3.76. The zero-order chi connectivity index (χ0) is 18.8. The Hall–Kier alpha value is -2.66. The van der Waals surface area contributed by atoms with Gasteiger partial charge in [-0.3, -0.25) is 14.6 Å². The molecule has 0 aliphatic carbocycles. The topological polar surface area (TPSA) is 45.1 Å². The Morgan fingerprint density at radius 3 is 2.56 bits per heavy atom. The number of anilines is 1. The van der Waals surface area contributed by atoms with Gasteiger partial charge in [-0.1, -0.05) is 37.3 Å². The number of piperidine rings is 1. The molecule has 0 unspecified atom stereocenters. The van der Waals surface area contributed by atoms with Crippen molar-refractivity contribution in [2.75, 3.05) is 31.8 Å². The van der Waals surface area contributed by atoms with Gasteiger partial charge in [-0.25, -0.2) is 4.99 Å². The number of methoxy groups -OCH3 is 1. The van der Waals surface area contributed by atoms with Crippen LogP contribution >= 0.6 is 0 Å². The molecule has 140 valence electrons. The summed E-state index contributed by atoms with van der Waals surface area (Å²) >= 11 is 0. The van der Waals surface area contributed by atoms with Crippen molar-refractivity contribution in [1.82, 2.24) is 4.90 Å². The minimum atomic E-state index is -0.0410. The molecule has 5 heteroatoms. The average Bonchev–Trinajstić information content (AvgIpc) is 2.96. The Morgan fingerprint density at radius 1 is 1.07 bits per heavy atom. The molecular formula is C22H25N3O2. The lowest BCUT2D eigenvalue weighted by molar-refractivity contribution is -0.112. The smallest absolute Gasteiger partial charge is 0.278 e. The first-order chi connectivity index (χ1) is 13.2. The van der Waals surface area contributed by atoms with Gasteiger partial charge in [0.2, 0.25) is 0 Å². The molecule has 2 aliphatic heterocycles. The molecule has 0 radical (unpaired) electrons. The maximum atomic E-state index is 13.2. The quantitative estimate of drug-likeness (QED) is 0.829. The van der Waals surface area contributed by atoms with Crippen LogP contribution in [-0.4, -0.2) is 43.4 Å². The Labute approximate surface area is 160 Å². The van der Waals surface area contributed by atoms with Crippen LogP contribution in [0.25, 0.3) is 0 Å². The standard InChI is InChI=1S/C22H25N3O2/c1-16-11-13-24(14-12-16)15-25-19-9-5-3-7-17(19)21(22(25)26)23-18-8-4-6-10-20(18)27-2/h3-10,16H,11-15H2,1-2H3. The van der Waals surface area contributed by atoms with Gasteiger partial charge in [0, 0.05) is 18.7 Å². The molecule has 4 rings (SSSR count). The third-order valence-electron chi connectivity index (χ3n) is 5.43. The number of para-hydroxylation sites is 3. The Kier molecular flexibility index (Phi) is 4.94. The second-order valence-corrected chi connectivity index (χ2v) is 7.32. The van der Waals surface area contributed by atoms with E-state index in [1.165, 1.54) is 12.8 Å². The number of benzene rings is 2. The Bertz CT molecular complexity index is 869. The summed E-state index contributed by atoms with van der Waals surface area (Å²) in [5.74, 6) is 1.39. The summed E-state index contributed by atoms with van der Waals surface area (Å²) < 4.78 is 5.40. The van der Waals surface area contributed by atoms with Gasteiger partial charge in [-0.05, 0) is 37.0 Å². The van der Waals surface area contributed by atoms with Gasteiger partial charge >= 0.3 is 0 Å². The zero-order valence-electron chi connectivity index (χ0n) is 15.9. The maximum Gasteiger partial charge on any atom is 0.278 e. The highest BCUT2D eigenvalue weighted by atomic mass is 16.5. The van der Waals surface area contributed by atoms with Crippen LogP contribution in [0.3, 0.4) is 0 Å². The largest absolute Gasteiger partial charge is 0.494 e. The van der Waals surface area contributed by atoms with Crippen molar-refractivity contribution in [3.8, 4) is 5.75 Å². The lowest BCUT2D eigenvalue weighted by Crippen LogP contribution is -2.44. The summed E-state index contributed by atoms with van der Waals surface area (Å²) in [6, 6.07) is 15.4. The molecule has 5 nitrogen and oxygen atoms in total. The number of aliphatic imine (C=N–C) groups is 1. The molecule has 0 atom stereocenters. The van der Waals surface area contributed by atoms with E-state index < -0.39 is 0 Å². The van der Waals surface area contributed by atoms with Crippen LogP contribution in [-0.2, 0) is 4.79 Å². The SMILES string of the molecule is COc1ccccc1N=C1C(=O)N(CN2CCC(C)CC2)c2ccccc21. The van der Waals surface area contributed by atoms with Gasteiger partial charge in [0.05, 0.1) is 19.5 Å². The van der Waals surface area contributed by atoms with E-state index >= 15 is 0 Å². The van der Waals surface area contributed by atoms with Gasteiger partial charge in [-0.2, -0.15) is 0 Å². The van der Waals surface area contributed by atoms with Crippen molar-refractivity contribution in [1.29, 1.82) is 0 Å². The van der Waals surface area contributed by atoms with Crippen LogP contribution in [0.5, 0.6) is 5.75 Å². The number of carbonyl (C=O) groups excluding carboxylic acids is 1. The predicted molar refractivity (Wildman–Crippen MR) is 108 cm³/mol. The number of likely N-dealkylation sites (tertiary alicyclic amines) is 1. The third-order valence-corrected chi connectivity index (χ3v) is 5.43. The van der Waals surface area contributed by atoms with Crippen LogP contribution in [0.1, 0.15) is 25.3 Å². The molecule has 27 heavy (non-hydrogen) atoms. The molecule has 0 aromatic heterocycles. The highest BCUT2D eigenvalue weighted by Crippen LogP contribution is 2.34. The van der Waals surface area contributed by atoms with Crippen molar-refractivity contribution >= 4 is 23.0 Å². The summed E-state index contributed by atoms with van der Waals surface area (Å²) in [6.45, 7) is 4.98. The first-order valence-electron chi connectivity index (χ1n) is 9.52. The van der Waals surface area contributed by atoms with E-state index in [4.69, 9.17) is 4.74 Å². The van der Waals surface area contributed by atoms with E-state index in [1.54, 1.807) is 7.11 Å². The third kappa shape index (κ3) is 3.47. The molecule has 2 aliphatic rings. The first-order valence-corrected chi connectivity index (χ1v) is 9.52. The molecule has 1 fully saturated rings. The number of hydrogen-bond acceptors (Lipinski definition) is 4. The number of hydrogen-bond donors (Lipinski definition) is 0. The average molecular weight is 363 g/mol. The monoisotopic (exact) mass is 363 g/mol. The molecule has 1 amide bonds. The summed E-state index contributed by atoms with van der Waals surface area (Å²) in [4.78, 5) is 22.1. The van der Waals surface area contributed by atoms with E-state index in [0.717, 1.165) is 30.3 Å². The summed E-state index contributed by atoms with van der Waals surface area (Å²) in [6.07, 6.45) is 2.37. The van der Waals surface area contributed by atoms with Crippen LogP contribution in [0, 0.1) is 5.92 Å². The summed E-state index contributed by atoms with van der Waals surface area (Å²) in [5.41, 5.74) is 2.99. The van der Waals surface area contributed by atoms with E-state index in [9.17, 15) is 4.79 Å². The van der Waals surface area contributed by atoms with Crippen LogP contribution in [0.15, 0.2) is 53.5 Å². The minimum absolute atomic E-state index is 0.0410. The van der Waals surface area contributed by atoms with E-state index in [-0.39, 0.29) is 5.91 Å². The first kappa shape index (κ1) is 17.7. The van der Waals surface area contributed by atoms with Crippen molar-refractivity contribution in [3.63, 3.8) is 0 Å². The van der Waals surface area contributed by atoms with Gasteiger partial charge in [0.25, 0.3) is 5.91 Å². The highest BCUT2D eigenvalue weighted by Gasteiger charge is 2.35. The van der Waals surface area contributed by atoms with E-state index in [0.29, 0.717) is 23.8 Å². The zero-order valence-corrected chi connectivity index (χ0v) is 15.9. The normalized spacial score (nSPS) is 19.6. The van der Waals surface area contributed by atoms with Crippen LogP contribution in [0.2, 0.25) is 0 Å². The lowest BCUT2D eigenvalue weighted by atomic mass is 10.00. The molecule has 2 heterocycles. The van der Waals surface area contributed by atoms with Gasteiger partial charge in [-0.15, -0.1) is 0 Å². The molecule has 0 spiro atoms. The predicted octanol–water partition coefficient (Wildman–Crippen LogP) is 3.85. The van der Waals surface area contributed by atoms with Gasteiger partial charge in [0.15, 0.2) is 0 Å². The Balaban J connectivity index is 1.66. The van der Waals surface area contributed by atoms with Crippen molar-refractivity contribution in [2.24, 2.45) is 10.9 Å². The second kappa shape index (κ2) is 7.53. The van der Waals surface area contributed by atoms with Crippen LogP contribution < -0.4 is 9.64 Å². The Morgan fingerprint density at radius 2 is 1.78 bits per heavy atom. The van der Waals surface area contributed by atoms with Gasteiger partial charge < -0.3 is 4.74 Å². The number of fused-ring (bicyclic) bond motifs is 1. The maximum absolute atomic E-state index is 13.2. The minimum Gasteiger partial charge on any atom is -0.494 e. The number of amides is 1. The van der Waals surface area contributed by atoms with E-state index in [1.807, 2.05) is 53.4 Å². The molecule has 2 aromatic carbocycles. The fraction of sp³-hybridized carbons (Fsp3) is 0.364. The summed E-state index contributed by atoms with van der Waals surface area (Å²) in [7, 11) is 1.62. The molecule has 0 bridgehead atoms. The highest BCUT2D eigenvalue weighted by molar-refractivity contribution is 6.54. The molecule has 0 N–H and O–H groups in total. The number of carbonyl (C=O) groups is 1. The van der Waals surface area contributed by atoms with Crippen LogP contribution in [0.4, 0.5) is 11.4 Å². The van der Waals surface area contributed by atoms with E-state index in [2.05, 4.69) is 16.8 Å². The molecule has 0 saturated carbocycles. The van der Waals surface area contributed by atoms with Crippen molar-refractivity contribution < 1.29 is 9.53 Å². The fourth-order valence-electron chi connectivity index (χ4n) is 3.76. The molecular weight excluding hydrogens is 338 g/mol. The van der Waals surface area contributed by atoms with Crippen molar-refractivity contribution in [2.45, 2.75) is 19.8 Å². The summed E-state index contributed by atoms with van der Waals surface area (Å²) in [5, 5.41) is 0. The van der Waals surface area contributed by atoms with Gasteiger partial charge in [0.1, 0.15) is 17.1 Å². The molecule has 2 aromatic rings.